The van der Waals surface area contributed by atoms with Crippen molar-refractivity contribution in [2.75, 3.05) is 5.32 Å². The monoisotopic (exact) mass is 373 g/mol. The number of carbonyl (C=O) groups excluding carboxylic acids is 1. The first kappa shape index (κ1) is 16.8. The van der Waals surface area contributed by atoms with Crippen molar-refractivity contribution >= 4 is 56.5 Å². The van der Waals surface area contributed by atoms with Gasteiger partial charge in [-0.3, -0.25) is 4.79 Å². The van der Waals surface area contributed by atoms with Gasteiger partial charge < -0.3 is 5.32 Å². The first-order valence-electron chi connectivity index (χ1n) is 7.09. The number of rotatable bonds is 4. The molecule has 1 aromatic heterocycles. The smallest absolute Gasteiger partial charge is 0.237 e. The van der Waals surface area contributed by atoms with Crippen molar-refractivity contribution in [3.63, 3.8) is 0 Å². The van der Waals surface area contributed by atoms with Gasteiger partial charge >= 0.3 is 0 Å². The molecule has 2 aromatic carbocycles. The van der Waals surface area contributed by atoms with E-state index in [9.17, 15) is 4.79 Å². The number of amides is 1. The van der Waals surface area contributed by atoms with Crippen LogP contribution in [0, 0.1) is 11.3 Å². The number of halogens is 1. The Morgan fingerprint density at radius 3 is 2.79 bits per heavy atom. The first-order chi connectivity index (χ1) is 11.5. The third kappa shape index (κ3) is 3.88. The Morgan fingerprint density at radius 1 is 1.33 bits per heavy atom. The van der Waals surface area contributed by atoms with Gasteiger partial charge in [0.05, 0.1) is 27.1 Å². The largest absolute Gasteiger partial charge is 0.325 e. The number of thiazole rings is 1. The van der Waals surface area contributed by atoms with E-state index in [0.717, 1.165) is 14.6 Å². The molecule has 1 heterocycles. The lowest BCUT2D eigenvalue weighted by Crippen LogP contribution is -2.22. The van der Waals surface area contributed by atoms with Crippen LogP contribution in [0.15, 0.2) is 46.8 Å². The molecule has 0 saturated carbocycles. The van der Waals surface area contributed by atoms with E-state index in [-0.39, 0.29) is 11.2 Å². The van der Waals surface area contributed by atoms with E-state index in [1.54, 1.807) is 35.6 Å². The molecule has 120 valence electrons. The fourth-order valence-corrected chi connectivity index (χ4v) is 4.36. The fourth-order valence-electron chi connectivity index (χ4n) is 2.01. The maximum atomic E-state index is 12.3. The average molecular weight is 374 g/mol. The van der Waals surface area contributed by atoms with Crippen LogP contribution in [0.5, 0.6) is 0 Å². The highest BCUT2D eigenvalue weighted by Gasteiger charge is 2.17. The van der Waals surface area contributed by atoms with Gasteiger partial charge in [-0.1, -0.05) is 23.4 Å². The number of fused-ring (bicyclic) bond motifs is 1. The minimum atomic E-state index is -0.295. The average Bonchev–Trinajstić information content (AvgIpc) is 2.96. The lowest BCUT2D eigenvalue weighted by atomic mass is 10.2. The summed E-state index contributed by atoms with van der Waals surface area (Å²) < 4.78 is 1.87. The van der Waals surface area contributed by atoms with E-state index >= 15 is 0 Å². The molecule has 0 saturated heterocycles. The Hall–Kier alpha value is -2.07. The van der Waals surface area contributed by atoms with Crippen LogP contribution < -0.4 is 5.32 Å². The summed E-state index contributed by atoms with van der Waals surface area (Å²) in [5.74, 6) is -0.109. The van der Waals surface area contributed by atoms with E-state index in [1.807, 2.05) is 31.2 Å². The van der Waals surface area contributed by atoms with Gasteiger partial charge in [-0.05, 0) is 49.4 Å². The summed E-state index contributed by atoms with van der Waals surface area (Å²) >= 11 is 8.92. The summed E-state index contributed by atoms with van der Waals surface area (Å²) in [7, 11) is 0. The number of thioether (sulfide) groups is 1. The van der Waals surface area contributed by atoms with Crippen LogP contribution in [0.2, 0.25) is 5.02 Å². The predicted molar refractivity (Wildman–Crippen MR) is 99.7 cm³/mol. The second kappa shape index (κ2) is 7.22. The maximum Gasteiger partial charge on any atom is 0.237 e. The van der Waals surface area contributed by atoms with E-state index in [2.05, 4.69) is 10.3 Å². The molecule has 1 N–H and O–H groups in total. The molecule has 0 bridgehead atoms. The summed E-state index contributed by atoms with van der Waals surface area (Å²) in [6, 6.07) is 14.4. The highest BCUT2D eigenvalue weighted by Crippen LogP contribution is 2.33. The van der Waals surface area contributed by atoms with Crippen molar-refractivity contribution in [2.45, 2.75) is 16.5 Å². The van der Waals surface area contributed by atoms with E-state index in [4.69, 9.17) is 16.9 Å². The topological polar surface area (TPSA) is 65.8 Å². The molecule has 0 unspecified atom stereocenters. The minimum Gasteiger partial charge on any atom is -0.325 e. The van der Waals surface area contributed by atoms with Crippen LogP contribution in [-0.2, 0) is 4.79 Å². The summed E-state index contributed by atoms with van der Waals surface area (Å²) in [5, 5.41) is 12.0. The molecule has 3 rings (SSSR count). The second-order valence-electron chi connectivity index (χ2n) is 5.03. The summed E-state index contributed by atoms with van der Waals surface area (Å²) in [5.41, 5.74) is 2.07. The standard InChI is InChI=1S/C17H12ClN3OS2/c1-10(16(22)20-13-5-2-11(9-19)3-6-13)23-17-21-14-8-12(18)4-7-15(14)24-17/h2-8,10H,1H3,(H,20,22)/t10-/m1/s1. The highest BCUT2D eigenvalue weighted by molar-refractivity contribution is 8.02. The van der Waals surface area contributed by atoms with Crippen molar-refractivity contribution in [1.82, 2.24) is 4.98 Å². The lowest BCUT2D eigenvalue weighted by molar-refractivity contribution is -0.115. The number of nitriles is 1. The molecule has 1 atom stereocenters. The maximum absolute atomic E-state index is 12.3. The Balaban J connectivity index is 1.67. The molecule has 0 aliphatic rings. The third-order valence-electron chi connectivity index (χ3n) is 3.26. The quantitative estimate of drug-likeness (QED) is 0.658. The number of carbonyl (C=O) groups is 1. The molecule has 7 heteroatoms. The summed E-state index contributed by atoms with van der Waals surface area (Å²) in [6.07, 6.45) is 0. The van der Waals surface area contributed by atoms with Gasteiger partial charge in [-0.2, -0.15) is 5.26 Å². The van der Waals surface area contributed by atoms with Crippen molar-refractivity contribution in [2.24, 2.45) is 0 Å². The van der Waals surface area contributed by atoms with Crippen molar-refractivity contribution in [3.05, 3.63) is 53.1 Å². The number of benzene rings is 2. The van der Waals surface area contributed by atoms with Gasteiger partial charge in [0.2, 0.25) is 5.91 Å². The zero-order valence-corrected chi connectivity index (χ0v) is 15.0. The second-order valence-corrected chi connectivity index (χ2v) is 8.09. The summed E-state index contributed by atoms with van der Waals surface area (Å²) in [6.45, 7) is 1.84. The van der Waals surface area contributed by atoms with Gasteiger partial charge in [-0.15, -0.1) is 11.3 Å². The molecule has 4 nitrogen and oxygen atoms in total. The number of hydrogen-bond donors (Lipinski definition) is 1. The zero-order chi connectivity index (χ0) is 17.1. The van der Waals surface area contributed by atoms with Gasteiger partial charge in [0.1, 0.15) is 0 Å². The molecule has 0 aliphatic carbocycles. The van der Waals surface area contributed by atoms with Gasteiger partial charge in [0, 0.05) is 10.7 Å². The lowest BCUT2D eigenvalue weighted by Gasteiger charge is -2.10. The molecule has 0 fully saturated rings. The molecular weight excluding hydrogens is 362 g/mol. The van der Waals surface area contributed by atoms with Crippen molar-refractivity contribution < 1.29 is 4.79 Å². The van der Waals surface area contributed by atoms with E-state index in [1.165, 1.54) is 11.8 Å². The number of nitrogens with one attached hydrogen (secondary N) is 1. The van der Waals surface area contributed by atoms with Crippen LogP contribution in [0.25, 0.3) is 10.2 Å². The zero-order valence-electron chi connectivity index (χ0n) is 12.6. The number of aromatic nitrogens is 1. The van der Waals surface area contributed by atoms with Crippen molar-refractivity contribution in [3.8, 4) is 6.07 Å². The predicted octanol–water partition coefficient (Wildman–Crippen LogP) is 4.94. The van der Waals surface area contributed by atoms with Crippen LogP contribution >= 0.6 is 34.7 Å². The van der Waals surface area contributed by atoms with Gasteiger partial charge in [-0.25, -0.2) is 4.98 Å². The molecule has 0 radical (unpaired) electrons. The van der Waals surface area contributed by atoms with E-state index in [0.29, 0.717) is 16.3 Å². The molecular formula is C17H12ClN3OS2. The molecule has 0 aliphatic heterocycles. The Kier molecular flexibility index (Phi) is 5.05. The normalized spacial score (nSPS) is 11.9. The van der Waals surface area contributed by atoms with Crippen LogP contribution in [0.1, 0.15) is 12.5 Å². The van der Waals surface area contributed by atoms with Gasteiger partial charge in [0.15, 0.2) is 4.34 Å². The molecule has 1 amide bonds. The summed E-state index contributed by atoms with van der Waals surface area (Å²) in [4.78, 5) is 16.8. The number of anilines is 1. The van der Waals surface area contributed by atoms with E-state index < -0.39 is 0 Å². The molecule has 3 aromatic rings. The van der Waals surface area contributed by atoms with Crippen LogP contribution in [0.3, 0.4) is 0 Å². The van der Waals surface area contributed by atoms with Crippen molar-refractivity contribution in [1.29, 1.82) is 5.26 Å². The SMILES string of the molecule is C[C@@H](Sc1nc2cc(Cl)ccc2s1)C(=O)Nc1ccc(C#N)cc1. The van der Waals surface area contributed by atoms with Crippen LogP contribution in [0.4, 0.5) is 5.69 Å². The number of hydrogen-bond acceptors (Lipinski definition) is 5. The minimum absolute atomic E-state index is 0.109. The molecule has 0 spiro atoms. The Labute approximate surface area is 152 Å². The highest BCUT2D eigenvalue weighted by atomic mass is 35.5. The first-order valence-corrected chi connectivity index (χ1v) is 9.16. The van der Waals surface area contributed by atoms with Crippen LogP contribution in [-0.4, -0.2) is 16.1 Å². The Morgan fingerprint density at radius 2 is 2.08 bits per heavy atom. The Bertz CT molecular complexity index is 931. The van der Waals surface area contributed by atoms with Gasteiger partial charge in [0.25, 0.3) is 0 Å². The fraction of sp³-hybridized carbons (Fsp3) is 0.118. The molecule has 24 heavy (non-hydrogen) atoms. The number of nitrogens with zero attached hydrogens (tertiary/aromatic N) is 2. The third-order valence-corrected chi connectivity index (χ3v) is 5.72.